The van der Waals surface area contributed by atoms with E-state index in [1.165, 1.54) is 11.6 Å². The minimum absolute atomic E-state index is 0.0739. The zero-order valence-corrected chi connectivity index (χ0v) is 16.1. The first-order valence-corrected chi connectivity index (χ1v) is 9.77. The lowest BCUT2D eigenvalue weighted by molar-refractivity contribution is 0.327. The van der Waals surface area contributed by atoms with Gasteiger partial charge < -0.3 is 0 Å². The van der Waals surface area contributed by atoms with Crippen LogP contribution in [0.2, 0.25) is 0 Å². The zero-order valence-electron chi connectivity index (χ0n) is 15.2. The van der Waals surface area contributed by atoms with Crippen molar-refractivity contribution in [3.05, 3.63) is 95.4 Å². The minimum atomic E-state index is -3.80. The summed E-state index contributed by atoms with van der Waals surface area (Å²) in [6, 6.07) is 16.4. The number of hydrogen-bond acceptors (Lipinski definition) is 3. The van der Waals surface area contributed by atoms with E-state index < -0.39 is 10.1 Å². The van der Waals surface area contributed by atoms with Crippen molar-refractivity contribution in [3.63, 3.8) is 0 Å². The van der Waals surface area contributed by atoms with Gasteiger partial charge in [-0.2, -0.15) is 8.42 Å². The molecule has 0 atom stereocenters. The molecule has 3 nitrogen and oxygen atoms in total. The Morgan fingerprint density at radius 1 is 0.962 bits per heavy atom. The third-order valence-electron chi connectivity index (χ3n) is 3.84. The lowest BCUT2D eigenvalue weighted by Gasteiger charge is -2.07. The Kier molecular flexibility index (Phi) is 6.72. The largest absolute Gasteiger partial charge is 0.296 e. The Hall–Kier alpha value is -2.43. The minimum Gasteiger partial charge on any atom is -0.266 e. The lowest BCUT2D eigenvalue weighted by atomic mass is 10.0. The van der Waals surface area contributed by atoms with E-state index in [1.807, 2.05) is 24.3 Å². The maximum atomic E-state index is 12.0. The van der Waals surface area contributed by atoms with E-state index in [2.05, 4.69) is 44.3 Å². The molecule has 2 rings (SSSR count). The Morgan fingerprint density at radius 2 is 1.50 bits per heavy atom. The highest BCUT2D eigenvalue weighted by atomic mass is 32.2. The topological polar surface area (TPSA) is 43.4 Å². The molecular weight excluding hydrogens is 344 g/mol. The Balaban J connectivity index is 1.92. The van der Waals surface area contributed by atoms with E-state index in [-0.39, 0.29) is 11.5 Å². The summed E-state index contributed by atoms with van der Waals surface area (Å²) in [5, 5.41) is 0. The highest BCUT2D eigenvalue weighted by Crippen LogP contribution is 2.20. The smallest absolute Gasteiger partial charge is 0.266 e. The highest BCUT2D eigenvalue weighted by Gasteiger charge is 2.13. The fourth-order valence-electron chi connectivity index (χ4n) is 2.27. The predicted octanol–water partition coefficient (Wildman–Crippen LogP) is 5.20. The van der Waals surface area contributed by atoms with Crippen molar-refractivity contribution in [1.29, 1.82) is 0 Å². The fraction of sp³-hybridized carbons (Fsp3) is 0.182. The first-order chi connectivity index (χ1) is 12.3. The van der Waals surface area contributed by atoms with Crippen molar-refractivity contribution < 1.29 is 12.6 Å². The van der Waals surface area contributed by atoms with E-state index >= 15 is 0 Å². The number of aryl methyl sites for hydroxylation is 1. The molecule has 26 heavy (non-hydrogen) atoms. The third kappa shape index (κ3) is 5.83. The second kappa shape index (κ2) is 8.79. The molecule has 2 aromatic rings. The predicted molar refractivity (Wildman–Crippen MR) is 108 cm³/mol. The molecule has 0 N–H and O–H groups in total. The quantitative estimate of drug-likeness (QED) is 0.475. The van der Waals surface area contributed by atoms with E-state index in [0.717, 1.165) is 22.3 Å². The Morgan fingerprint density at radius 3 is 2.04 bits per heavy atom. The van der Waals surface area contributed by atoms with Crippen molar-refractivity contribution >= 4 is 10.1 Å². The van der Waals surface area contributed by atoms with E-state index in [1.54, 1.807) is 13.0 Å². The molecule has 0 unspecified atom stereocenters. The van der Waals surface area contributed by atoms with Gasteiger partial charge in [0.15, 0.2) is 0 Å². The van der Waals surface area contributed by atoms with Crippen LogP contribution in [0.1, 0.15) is 18.1 Å². The van der Waals surface area contributed by atoms with E-state index in [9.17, 15) is 8.42 Å². The van der Waals surface area contributed by atoms with Gasteiger partial charge in [-0.05, 0) is 43.0 Å². The molecule has 136 valence electrons. The summed E-state index contributed by atoms with van der Waals surface area (Å²) in [4.78, 5) is -0.0739. The molecular formula is C22H24O3S. The van der Waals surface area contributed by atoms with Gasteiger partial charge >= 0.3 is 0 Å². The van der Waals surface area contributed by atoms with Gasteiger partial charge in [-0.25, -0.2) is 0 Å². The normalized spacial score (nSPS) is 11.6. The van der Waals surface area contributed by atoms with Gasteiger partial charge in [0.05, 0.1) is 11.5 Å². The highest BCUT2D eigenvalue weighted by molar-refractivity contribution is 7.90. The van der Waals surface area contributed by atoms with Crippen LogP contribution in [0.25, 0.3) is 11.1 Å². The van der Waals surface area contributed by atoms with Crippen molar-refractivity contribution in [2.45, 2.75) is 20.3 Å². The second-order valence-corrected chi connectivity index (χ2v) is 7.90. The molecule has 0 aliphatic rings. The van der Waals surface area contributed by atoms with Gasteiger partial charge in [-0.3, -0.25) is 4.18 Å². The Labute approximate surface area is 156 Å². The summed E-state index contributed by atoms with van der Waals surface area (Å²) in [5.41, 5.74) is 5.26. The van der Waals surface area contributed by atoms with E-state index in [0.29, 0.717) is 6.42 Å². The van der Waals surface area contributed by atoms with Gasteiger partial charge in [-0.1, -0.05) is 78.9 Å². The maximum absolute atomic E-state index is 12.0. The number of benzene rings is 2. The van der Waals surface area contributed by atoms with Crippen LogP contribution in [-0.4, -0.2) is 15.0 Å². The van der Waals surface area contributed by atoms with Crippen molar-refractivity contribution in [2.75, 3.05) is 6.61 Å². The molecule has 2 aromatic carbocycles. The fourth-order valence-corrected chi connectivity index (χ4v) is 2.96. The molecule has 0 saturated carbocycles. The van der Waals surface area contributed by atoms with Crippen LogP contribution in [0.5, 0.6) is 0 Å². The number of allylic oxidation sites excluding steroid dienone is 3. The molecule has 0 amide bonds. The summed E-state index contributed by atoms with van der Waals surface area (Å²) in [5.74, 6) is 0. The SMILES string of the molecule is C=C(C)/C=C\C(=C)S(=O)(=O)OCCc1ccc(-c2ccc(C)cc2)cc1. The first-order valence-electron chi connectivity index (χ1n) is 8.36. The third-order valence-corrected chi connectivity index (χ3v) is 5.10. The monoisotopic (exact) mass is 368 g/mol. The molecule has 0 fully saturated rings. The summed E-state index contributed by atoms with van der Waals surface area (Å²) in [7, 11) is -3.80. The van der Waals surface area contributed by atoms with Crippen LogP contribution in [0.3, 0.4) is 0 Å². The standard InChI is InChI=1S/C22H24O3S/c1-17(2)5-8-19(4)26(23,24)25-16-15-20-9-13-22(14-10-20)21-11-6-18(3)7-12-21/h5-14H,1,4,15-16H2,2-3H3/b8-5-. The average molecular weight is 368 g/mol. The van der Waals surface area contributed by atoms with E-state index in [4.69, 9.17) is 4.18 Å². The van der Waals surface area contributed by atoms with Gasteiger partial charge in [0.25, 0.3) is 10.1 Å². The van der Waals surface area contributed by atoms with Crippen LogP contribution in [0, 0.1) is 6.92 Å². The van der Waals surface area contributed by atoms with Gasteiger partial charge in [-0.15, -0.1) is 0 Å². The van der Waals surface area contributed by atoms with Crippen LogP contribution < -0.4 is 0 Å². The molecule has 0 heterocycles. The van der Waals surface area contributed by atoms with Crippen LogP contribution in [0.4, 0.5) is 0 Å². The summed E-state index contributed by atoms with van der Waals surface area (Å²) >= 11 is 0. The molecule has 4 heteroatoms. The molecule has 0 saturated heterocycles. The number of hydrogen-bond donors (Lipinski definition) is 0. The van der Waals surface area contributed by atoms with Crippen molar-refractivity contribution in [2.24, 2.45) is 0 Å². The summed E-state index contributed by atoms with van der Waals surface area (Å²) in [6.45, 7) is 11.1. The molecule has 0 radical (unpaired) electrons. The molecule has 0 aromatic heterocycles. The summed E-state index contributed by atoms with van der Waals surface area (Å²) < 4.78 is 29.0. The van der Waals surface area contributed by atoms with Gasteiger partial charge in [0.1, 0.15) is 0 Å². The van der Waals surface area contributed by atoms with Crippen LogP contribution in [0.15, 0.2) is 84.3 Å². The lowest BCUT2D eigenvalue weighted by Crippen LogP contribution is -2.09. The van der Waals surface area contributed by atoms with Crippen LogP contribution >= 0.6 is 0 Å². The number of rotatable bonds is 8. The van der Waals surface area contributed by atoms with Gasteiger partial charge in [0.2, 0.25) is 0 Å². The summed E-state index contributed by atoms with van der Waals surface area (Å²) in [6.07, 6.45) is 3.49. The molecule has 0 spiro atoms. The molecule has 0 bridgehead atoms. The maximum Gasteiger partial charge on any atom is 0.296 e. The zero-order chi connectivity index (χ0) is 19.2. The average Bonchev–Trinajstić information content (AvgIpc) is 2.61. The molecule has 0 aliphatic heterocycles. The Bertz CT molecular complexity index is 903. The van der Waals surface area contributed by atoms with Crippen molar-refractivity contribution in [3.8, 4) is 11.1 Å². The first kappa shape index (κ1) is 19.9. The van der Waals surface area contributed by atoms with Crippen molar-refractivity contribution in [1.82, 2.24) is 0 Å². The van der Waals surface area contributed by atoms with Gasteiger partial charge in [0, 0.05) is 0 Å². The molecule has 0 aliphatic carbocycles. The second-order valence-electron chi connectivity index (χ2n) is 6.24. The van der Waals surface area contributed by atoms with Crippen LogP contribution in [-0.2, 0) is 20.7 Å².